The molecule has 14 rings (SSSR count). The third-order valence-electron chi connectivity index (χ3n) is 18.7. The Kier molecular flexibility index (Phi) is 9.25. The molecule has 0 spiro atoms. The first-order valence-electron chi connectivity index (χ1n) is 27.4. The molecule has 2 aliphatic heterocycles. The number of thiophene rings is 1. The number of furan rings is 2. The van der Waals surface area contributed by atoms with E-state index in [-0.39, 0.29) is 39.3 Å². The monoisotopic (exact) mass is 989 g/mol. The second kappa shape index (κ2) is 14.8. The zero-order valence-electron chi connectivity index (χ0n) is 46.0. The minimum Gasteiger partial charge on any atom is -0.456 e. The molecule has 0 saturated heterocycles. The van der Waals surface area contributed by atoms with Gasteiger partial charge >= 0.3 is 6.85 Å². The Hall–Kier alpha value is -6.24. The predicted octanol–water partition coefficient (Wildman–Crippen LogP) is 18.7. The van der Waals surface area contributed by atoms with Crippen LogP contribution in [0.3, 0.4) is 0 Å². The molecule has 0 amide bonds. The molecule has 74 heavy (non-hydrogen) atoms. The van der Waals surface area contributed by atoms with Crippen molar-refractivity contribution in [2.24, 2.45) is 0 Å². The molecule has 372 valence electrons. The van der Waals surface area contributed by atoms with Crippen LogP contribution in [-0.4, -0.2) is 6.85 Å². The summed E-state index contributed by atoms with van der Waals surface area (Å²) in [4.78, 5) is 5.30. The topological polar surface area (TPSA) is 32.8 Å². The highest BCUT2D eigenvalue weighted by atomic mass is 32.1. The van der Waals surface area contributed by atoms with Crippen molar-refractivity contribution in [3.63, 3.8) is 0 Å². The van der Waals surface area contributed by atoms with Gasteiger partial charge in [-0.2, -0.15) is 0 Å². The van der Waals surface area contributed by atoms with E-state index in [0.29, 0.717) is 0 Å². The zero-order valence-corrected chi connectivity index (χ0v) is 46.8. The lowest BCUT2D eigenvalue weighted by molar-refractivity contribution is 0.332. The Morgan fingerprint density at radius 1 is 0.473 bits per heavy atom. The van der Waals surface area contributed by atoms with Gasteiger partial charge in [-0.1, -0.05) is 139 Å². The summed E-state index contributed by atoms with van der Waals surface area (Å²) >= 11 is 1.99. The van der Waals surface area contributed by atoms with Gasteiger partial charge in [-0.3, -0.25) is 0 Å². The van der Waals surface area contributed by atoms with Crippen molar-refractivity contribution in [1.29, 1.82) is 0 Å². The van der Waals surface area contributed by atoms with Crippen molar-refractivity contribution in [2.75, 3.05) is 9.71 Å². The second-order valence-corrected chi connectivity index (χ2v) is 28.6. The molecule has 0 N–H and O–H groups in total. The van der Waals surface area contributed by atoms with Crippen LogP contribution in [0.2, 0.25) is 0 Å². The molecule has 7 aromatic carbocycles. The molecule has 2 aliphatic carbocycles. The van der Waals surface area contributed by atoms with Gasteiger partial charge in [0, 0.05) is 65.1 Å². The van der Waals surface area contributed by atoms with Crippen LogP contribution >= 0.6 is 11.3 Å². The Labute approximate surface area is 441 Å². The smallest absolute Gasteiger partial charge is 0.343 e. The highest BCUT2D eigenvalue weighted by Gasteiger charge is 2.50. The number of fused-ring (bicyclic) bond motifs is 15. The van der Waals surface area contributed by atoms with Crippen LogP contribution in [0.25, 0.3) is 65.1 Å². The molecule has 0 atom stereocenters. The van der Waals surface area contributed by atoms with Crippen molar-refractivity contribution < 1.29 is 8.83 Å². The summed E-state index contributed by atoms with van der Waals surface area (Å²) in [6.07, 6.45) is 4.64. The molecule has 6 heteroatoms. The van der Waals surface area contributed by atoms with Crippen molar-refractivity contribution >= 4 is 111 Å². The lowest BCUT2D eigenvalue weighted by Crippen LogP contribution is -2.60. The number of anilines is 5. The van der Waals surface area contributed by atoms with E-state index < -0.39 is 0 Å². The summed E-state index contributed by atoms with van der Waals surface area (Å²) in [6.45, 7) is 33.2. The lowest BCUT2D eigenvalue weighted by Gasteiger charge is -2.44. The molecular weight excluding hydrogens is 920 g/mol. The van der Waals surface area contributed by atoms with Gasteiger partial charge < -0.3 is 18.5 Å². The SMILES string of the molecule is CC(C)(C)c1ccc(N2B3c4sc5cc6c(cc5c4N(c4ccc(C(C)(C)C)cc4)c4c3c(cc3c4oc4ccccc43)-c3cc4c(cc32)oc2cc3c(cc24)C(C)(C)CCC3(C)C)C(C)(C)CCC6(C)C)cc1. The number of hydrogen-bond donors (Lipinski definition) is 0. The Bertz CT molecular complexity index is 4050. The van der Waals surface area contributed by atoms with E-state index in [2.05, 4.69) is 222 Å². The molecule has 0 unspecified atom stereocenters. The van der Waals surface area contributed by atoms with E-state index in [1.54, 1.807) is 0 Å². The molecule has 5 heterocycles. The third kappa shape index (κ3) is 6.45. The maximum atomic E-state index is 7.32. The highest BCUT2D eigenvalue weighted by molar-refractivity contribution is 7.32. The van der Waals surface area contributed by atoms with Gasteiger partial charge in [-0.05, 0) is 169 Å². The van der Waals surface area contributed by atoms with Crippen LogP contribution in [0, 0.1) is 0 Å². The first-order chi connectivity index (χ1) is 34.9. The van der Waals surface area contributed by atoms with E-state index in [9.17, 15) is 0 Å². The van der Waals surface area contributed by atoms with Gasteiger partial charge in [-0.25, -0.2) is 0 Å². The van der Waals surface area contributed by atoms with Gasteiger partial charge in [0.1, 0.15) is 16.7 Å². The molecule has 4 nitrogen and oxygen atoms in total. The standard InChI is InChI=1S/C68H69BN2O2S/c1-63(2,3)38-19-23-40(24-20-38)70-59-48-34-50-52(68(13,14)30-28-66(50,9)10)36-57(48)74-62(59)69-58-46(32-47-42-17-15-16-18-54(42)73-61(47)60(58)70)43-31-44-45-33-49-51(67(11,12)29-27-65(49,7)8)35-55(45)72-56(44)37-53(43)71(69)41-25-21-39(22-26-41)64(4,5)6/h15-26,31-37H,27-30H2,1-14H3. The second-order valence-electron chi connectivity index (χ2n) is 27.5. The maximum Gasteiger partial charge on any atom is 0.343 e. The molecule has 10 aromatic rings. The fourth-order valence-electron chi connectivity index (χ4n) is 13.9. The largest absolute Gasteiger partial charge is 0.456 e. The van der Waals surface area contributed by atoms with E-state index in [4.69, 9.17) is 8.83 Å². The fourth-order valence-corrected chi connectivity index (χ4v) is 15.2. The van der Waals surface area contributed by atoms with Gasteiger partial charge in [0.2, 0.25) is 0 Å². The normalized spacial score (nSPS) is 18.3. The number of benzene rings is 7. The Balaban J connectivity index is 1.15. The minimum absolute atomic E-state index is 0.000923. The number of nitrogens with zero attached hydrogens (tertiary/aromatic N) is 2. The first-order valence-corrected chi connectivity index (χ1v) is 28.2. The number of rotatable bonds is 2. The molecule has 0 saturated carbocycles. The van der Waals surface area contributed by atoms with Crippen LogP contribution < -0.4 is 20.0 Å². The average molecular weight is 989 g/mol. The molecule has 0 fully saturated rings. The Morgan fingerprint density at radius 3 is 1.59 bits per heavy atom. The van der Waals surface area contributed by atoms with Crippen molar-refractivity contribution in [2.45, 2.75) is 155 Å². The minimum atomic E-state index is -0.183. The summed E-state index contributed by atoms with van der Waals surface area (Å²) in [7, 11) is 0. The predicted molar refractivity (Wildman–Crippen MR) is 318 cm³/mol. The van der Waals surface area contributed by atoms with E-state index in [0.717, 1.165) is 80.5 Å². The van der Waals surface area contributed by atoms with Crippen LogP contribution in [0.1, 0.15) is 156 Å². The first kappa shape index (κ1) is 46.3. The number of hydrogen-bond acceptors (Lipinski definition) is 5. The molecule has 4 aliphatic rings. The van der Waals surface area contributed by atoms with Crippen molar-refractivity contribution in [3.8, 4) is 11.1 Å². The van der Waals surface area contributed by atoms with E-state index >= 15 is 0 Å². The van der Waals surface area contributed by atoms with Crippen molar-refractivity contribution in [3.05, 3.63) is 149 Å². The van der Waals surface area contributed by atoms with Gasteiger partial charge in [-0.15, -0.1) is 11.3 Å². The van der Waals surface area contributed by atoms with Crippen LogP contribution in [-0.2, 0) is 32.5 Å². The lowest BCUT2D eigenvalue weighted by atomic mass is 9.46. The summed E-state index contributed by atoms with van der Waals surface area (Å²) in [5, 5.41) is 5.94. The third-order valence-corrected chi connectivity index (χ3v) is 19.9. The molecule has 0 radical (unpaired) electrons. The number of para-hydroxylation sites is 1. The summed E-state index contributed by atoms with van der Waals surface area (Å²) in [6, 6.07) is 45.1. The van der Waals surface area contributed by atoms with Gasteiger partial charge in [0.05, 0.1) is 11.4 Å². The van der Waals surface area contributed by atoms with Crippen LogP contribution in [0.4, 0.5) is 28.4 Å². The van der Waals surface area contributed by atoms with E-state index in [1.807, 2.05) is 11.3 Å². The van der Waals surface area contributed by atoms with Gasteiger partial charge in [0.25, 0.3) is 0 Å². The average Bonchev–Trinajstić information content (AvgIpc) is 4.18. The summed E-state index contributed by atoms with van der Waals surface area (Å²) in [5.41, 5.74) is 22.0. The fraction of sp³-hybridized carbons (Fsp3) is 0.353. The van der Waals surface area contributed by atoms with Gasteiger partial charge in [0.15, 0.2) is 5.58 Å². The molecule has 0 bridgehead atoms. The highest BCUT2D eigenvalue weighted by Crippen LogP contribution is 2.57. The van der Waals surface area contributed by atoms with Crippen LogP contribution in [0.15, 0.2) is 124 Å². The summed E-state index contributed by atoms with van der Waals surface area (Å²) in [5.74, 6) is 0. The zero-order chi connectivity index (χ0) is 51.6. The molecule has 3 aromatic heterocycles. The quantitative estimate of drug-likeness (QED) is 0.162. The van der Waals surface area contributed by atoms with E-state index in [1.165, 1.54) is 82.3 Å². The maximum absolute atomic E-state index is 7.32. The van der Waals surface area contributed by atoms with Crippen LogP contribution in [0.5, 0.6) is 0 Å². The molecular formula is C68H69BN2O2S. The summed E-state index contributed by atoms with van der Waals surface area (Å²) < 4.78 is 17.2. The Morgan fingerprint density at radius 2 is 0.986 bits per heavy atom. The van der Waals surface area contributed by atoms with Crippen molar-refractivity contribution in [1.82, 2.24) is 0 Å².